The molecule has 3 aromatic rings. The summed E-state index contributed by atoms with van der Waals surface area (Å²) < 4.78 is 28.0. The third kappa shape index (κ3) is 5.64. The van der Waals surface area contributed by atoms with Gasteiger partial charge in [-0.05, 0) is 69.2 Å². The summed E-state index contributed by atoms with van der Waals surface area (Å²) in [7, 11) is -3.67. The highest BCUT2D eigenvalue weighted by Gasteiger charge is 2.23. The lowest BCUT2D eigenvalue weighted by molar-refractivity contribution is -0.119. The largest absolute Gasteiger partial charge is 0.318 e. The molecule has 0 spiro atoms. The zero-order chi connectivity index (χ0) is 24.3. The number of aryl methyl sites for hydroxylation is 3. The van der Waals surface area contributed by atoms with Gasteiger partial charge in [-0.3, -0.25) is 9.10 Å². The Morgan fingerprint density at radius 1 is 1.09 bits per heavy atom. The molecule has 9 heteroatoms. The summed E-state index contributed by atoms with van der Waals surface area (Å²) in [6.45, 7) is 7.19. The van der Waals surface area contributed by atoms with Crippen LogP contribution in [0.15, 0.2) is 53.6 Å². The lowest BCUT2D eigenvalue weighted by Gasteiger charge is -2.25. The Bertz CT molecular complexity index is 1290. The number of amides is 1. The van der Waals surface area contributed by atoms with Crippen molar-refractivity contribution in [1.82, 2.24) is 9.99 Å². The molecule has 174 valence electrons. The van der Waals surface area contributed by atoms with Gasteiger partial charge in [0.05, 0.1) is 18.2 Å². The number of aromatic nitrogens is 1. The van der Waals surface area contributed by atoms with Crippen LogP contribution in [0.1, 0.15) is 28.1 Å². The summed E-state index contributed by atoms with van der Waals surface area (Å²) in [5.74, 6) is -0.536. The van der Waals surface area contributed by atoms with Crippen molar-refractivity contribution in [3.8, 4) is 5.69 Å². The average Bonchev–Trinajstić information content (AvgIpc) is 3.00. The van der Waals surface area contributed by atoms with Gasteiger partial charge in [0.2, 0.25) is 10.0 Å². The van der Waals surface area contributed by atoms with Crippen LogP contribution in [0.25, 0.3) is 5.69 Å². The SMILES string of the molecule is Cc1cccc(C)c1N(CC(=O)N/N=C\c1cc(C)n(-c2ccc(Cl)cc2)c1C)S(C)(=O)=O. The minimum atomic E-state index is -3.67. The second-order valence-electron chi connectivity index (χ2n) is 7.94. The third-order valence-electron chi connectivity index (χ3n) is 5.32. The summed E-state index contributed by atoms with van der Waals surface area (Å²) in [6, 6.07) is 14.9. The Morgan fingerprint density at radius 3 is 2.27 bits per heavy atom. The van der Waals surface area contributed by atoms with Crippen LogP contribution in [0.5, 0.6) is 0 Å². The number of hydrogen-bond donors (Lipinski definition) is 1. The maximum atomic E-state index is 12.5. The average molecular weight is 487 g/mol. The van der Waals surface area contributed by atoms with Crippen molar-refractivity contribution in [3.05, 3.63) is 81.6 Å². The van der Waals surface area contributed by atoms with E-state index in [-0.39, 0.29) is 6.54 Å². The molecule has 0 aliphatic carbocycles. The summed E-state index contributed by atoms with van der Waals surface area (Å²) in [6.07, 6.45) is 2.64. The molecule has 2 aromatic carbocycles. The molecular formula is C24H27ClN4O3S. The van der Waals surface area contributed by atoms with Gasteiger partial charge in [-0.15, -0.1) is 0 Å². The smallest absolute Gasteiger partial charge is 0.260 e. The van der Waals surface area contributed by atoms with Crippen LogP contribution in [0.2, 0.25) is 5.02 Å². The van der Waals surface area contributed by atoms with Crippen molar-refractivity contribution >= 4 is 39.4 Å². The van der Waals surface area contributed by atoms with Crippen LogP contribution >= 0.6 is 11.6 Å². The summed E-state index contributed by atoms with van der Waals surface area (Å²) in [5.41, 5.74) is 8.23. The number of anilines is 1. The molecule has 0 bridgehead atoms. The van der Waals surface area contributed by atoms with Gasteiger partial charge in [-0.25, -0.2) is 13.8 Å². The number of nitrogens with zero attached hydrogens (tertiary/aromatic N) is 3. The zero-order valence-electron chi connectivity index (χ0n) is 19.3. The molecule has 1 N–H and O–H groups in total. The molecule has 7 nitrogen and oxygen atoms in total. The van der Waals surface area contributed by atoms with Crippen molar-refractivity contribution in [1.29, 1.82) is 0 Å². The normalized spacial score (nSPS) is 11.7. The van der Waals surface area contributed by atoms with Gasteiger partial charge in [0.25, 0.3) is 5.91 Å². The summed E-state index contributed by atoms with van der Waals surface area (Å²) in [4.78, 5) is 12.5. The van der Waals surface area contributed by atoms with Gasteiger partial charge in [0.1, 0.15) is 6.54 Å². The second kappa shape index (κ2) is 9.80. The fraction of sp³-hybridized carbons (Fsp3) is 0.250. The fourth-order valence-corrected chi connectivity index (χ4v) is 4.90. The van der Waals surface area contributed by atoms with Crippen molar-refractivity contribution in [3.63, 3.8) is 0 Å². The molecule has 0 saturated carbocycles. The molecule has 1 amide bonds. The Labute approximate surface area is 199 Å². The molecule has 1 aromatic heterocycles. The second-order valence-corrected chi connectivity index (χ2v) is 10.3. The van der Waals surface area contributed by atoms with Gasteiger partial charge < -0.3 is 4.57 Å². The lowest BCUT2D eigenvalue weighted by atomic mass is 10.1. The van der Waals surface area contributed by atoms with E-state index in [0.29, 0.717) is 10.7 Å². The molecule has 0 aliphatic rings. The van der Waals surface area contributed by atoms with Gasteiger partial charge in [-0.1, -0.05) is 29.8 Å². The van der Waals surface area contributed by atoms with Crippen LogP contribution < -0.4 is 9.73 Å². The Balaban J connectivity index is 1.77. The molecule has 0 aliphatic heterocycles. The number of nitrogens with one attached hydrogen (secondary N) is 1. The lowest BCUT2D eigenvalue weighted by Crippen LogP contribution is -2.39. The highest BCUT2D eigenvalue weighted by Crippen LogP contribution is 2.26. The van der Waals surface area contributed by atoms with Crippen LogP contribution in [-0.4, -0.2) is 37.9 Å². The Morgan fingerprint density at radius 2 is 1.70 bits per heavy atom. The molecule has 33 heavy (non-hydrogen) atoms. The number of halogens is 1. The van der Waals surface area contributed by atoms with Crippen molar-refractivity contribution in [2.45, 2.75) is 27.7 Å². The molecule has 0 unspecified atom stereocenters. The zero-order valence-corrected chi connectivity index (χ0v) is 20.8. The first-order valence-electron chi connectivity index (χ1n) is 10.3. The predicted molar refractivity (Wildman–Crippen MR) is 134 cm³/mol. The number of carbonyl (C=O) groups is 1. The third-order valence-corrected chi connectivity index (χ3v) is 6.69. The molecular weight excluding hydrogens is 460 g/mol. The van der Waals surface area contributed by atoms with E-state index in [9.17, 15) is 13.2 Å². The van der Waals surface area contributed by atoms with Crippen LogP contribution in [-0.2, 0) is 14.8 Å². The number of rotatable bonds is 7. The first-order chi connectivity index (χ1) is 15.5. The van der Waals surface area contributed by atoms with Crippen molar-refractivity contribution in [2.75, 3.05) is 17.1 Å². The highest BCUT2D eigenvalue weighted by atomic mass is 35.5. The first kappa shape index (κ1) is 24.5. The minimum absolute atomic E-state index is 0.369. The predicted octanol–water partition coefficient (Wildman–Crippen LogP) is 4.28. The minimum Gasteiger partial charge on any atom is -0.318 e. The van der Waals surface area contributed by atoms with Gasteiger partial charge in [-0.2, -0.15) is 5.10 Å². The Hall–Kier alpha value is -3.10. The van der Waals surface area contributed by atoms with Gasteiger partial charge >= 0.3 is 0 Å². The maximum Gasteiger partial charge on any atom is 0.260 e. The standard InChI is InChI=1S/C24H27ClN4O3S/c1-16-7-6-8-17(2)24(16)28(33(5,31)32)15-23(30)27-26-14-20-13-18(3)29(19(20)4)22-11-9-21(25)10-12-22/h6-14H,15H2,1-5H3,(H,27,30)/b26-14-. The van der Waals surface area contributed by atoms with Gasteiger partial charge in [0, 0.05) is 27.7 Å². The topological polar surface area (TPSA) is 83.8 Å². The number of benzene rings is 2. The van der Waals surface area contributed by atoms with E-state index < -0.39 is 15.9 Å². The van der Waals surface area contributed by atoms with Gasteiger partial charge in [0.15, 0.2) is 0 Å². The van der Waals surface area contributed by atoms with E-state index in [1.54, 1.807) is 6.21 Å². The van der Waals surface area contributed by atoms with E-state index >= 15 is 0 Å². The highest BCUT2D eigenvalue weighted by molar-refractivity contribution is 7.92. The van der Waals surface area contributed by atoms with E-state index in [1.165, 1.54) is 0 Å². The fourth-order valence-electron chi connectivity index (χ4n) is 3.81. The molecule has 0 saturated heterocycles. The maximum absolute atomic E-state index is 12.5. The quantitative estimate of drug-likeness (QED) is 0.399. The summed E-state index contributed by atoms with van der Waals surface area (Å²) >= 11 is 5.99. The Kier molecular flexibility index (Phi) is 7.29. The van der Waals surface area contributed by atoms with Crippen LogP contribution in [0, 0.1) is 27.7 Å². The summed E-state index contributed by atoms with van der Waals surface area (Å²) in [5, 5.41) is 4.72. The number of para-hydroxylation sites is 1. The van der Waals surface area contributed by atoms with E-state index in [2.05, 4.69) is 15.1 Å². The van der Waals surface area contributed by atoms with Crippen LogP contribution in [0.4, 0.5) is 5.69 Å². The number of carbonyl (C=O) groups excluding carboxylic acids is 1. The van der Waals surface area contributed by atoms with Crippen LogP contribution in [0.3, 0.4) is 0 Å². The first-order valence-corrected chi connectivity index (χ1v) is 12.5. The van der Waals surface area contributed by atoms with Crippen molar-refractivity contribution in [2.24, 2.45) is 5.10 Å². The van der Waals surface area contributed by atoms with E-state index in [1.807, 2.05) is 76.2 Å². The molecule has 0 atom stereocenters. The molecule has 0 fully saturated rings. The van der Waals surface area contributed by atoms with E-state index in [0.717, 1.165) is 44.3 Å². The molecule has 3 rings (SSSR count). The van der Waals surface area contributed by atoms with E-state index in [4.69, 9.17) is 11.6 Å². The monoisotopic (exact) mass is 486 g/mol. The molecule has 0 radical (unpaired) electrons. The molecule has 1 heterocycles. The number of hydrazone groups is 1. The van der Waals surface area contributed by atoms with Crippen molar-refractivity contribution < 1.29 is 13.2 Å². The number of sulfonamides is 1. The number of hydrogen-bond acceptors (Lipinski definition) is 4.